The van der Waals surface area contributed by atoms with E-state index in [1.807, 2.05) is 0 Å². The topological polar surface area (TPSA) is 0 Å². The molecule has 0 N–H and O–H groups in total. The van der Waals surface area contributed by atoms with E-state index in [1.54, 1.807) is 11.1 Å². The Balaban J connectivity index is 2.48. The number of hydrogen-bond acceptors (Lipinski definition) is 0. The number of hydrogen-bond donors (Lipinski definition) is 0. The fraction of sp³-hybridized carbons (Fsp3) is 0.657. The molecule has 0 atom stereocenters. The molecule has 2 aromatic carbocycles. The quantitative estimate of drug-likeness (QED) is 0.411. The van der Waals surface area contributed by atoms with Gasteiger partial charge in [0.1, 0.15) is 0 Å². The van der Waals surface area contributed by atoms with Crippen LogP contribution in [0.15, 0.2) is 30.3 Å². The van der Waals surface area contributed by atoms with Crippen molar-refractivity contribution in [3.05, 3.63) is 69.3 Å². The molecule has 0 heterocycles. The van der Waals surface area contributed by atoms with Gasteiger partial charge in [-0.3, -0.25) is 0 Å². The van der Waals surface area contributed by atoms with Crippen LogP contribution in [-0.2, 0) is 39.9 Å². The molecule has 0 fully saturated rings. The van der Waals surface area contributed by atoms with E-state index in [9.17, 15) is 0 Å². The van der Waals surface area contributed by atoms with E-state index in [1.165, 1.54) is 34.2 Å². The fourth-order valence-corrected chi connectivity index (χ4v) is 5.31. The van der Waals surface area contributed by atoms with Crippen LogP contribution in [0.3, 0.4) is 0 Å². The lowest BCUT2D eigenvalue weighted by Crippen LogP contribution is -2.26. The second-order valence-corrected chi connectivity index (χ2v) is 16.0. The minimum atomic E-state index is 0.127. The molecule has 0 spiro atoms. The summed E-state index contributed by atoms with van der Waals surface area (Å²) in [6.07, 6.45) is 3.44. The van der Waals surface area contributed by atoms with Gasteiger partial charge in [0.2, 0.25) is 0 Å². The average molecular weight is 477 g/mol. The van der Waals surface area contributed by atoms with Crippen molar-refractivity contribution in [2.75, 3.05) is 0 Å². The second-order valence-electron chi connectivity index (χ2n) is 16.0. The highest BCUT2D eigenvalue weighted by Gasteiger charge is 2.30. The minimum Gasteiger partial charge on any atom is -0.0587 e. The molecule has 0 aromatic heterocycles. The first-order chi connectivity index (χ1) is 15.5. The molecule has 0 heteroatoms. The maximum atomic E-state index is 2.53. The number of aryl methyl sites for hydroxylation is 2. The molecule has 35 heavy (non-hydrogen) atoms. The van der Waals surface area contributed by atoms with Crippen LogP contribution in [0.2, 0.25) is 0 Å². The third kappa shape index (κ3) is 7.47. The van der Waals surface area contributed by atoms with Crippen LogP contribution in [0, 0.1) is 0 Å². The van der Waals surface area contributed by atoms with E-state index in [4.69, 9.17) is 0 Å². The first kappa shape index (κ1) is 29.7. The van der Waals surface area contributed by atoms with Crippen molar-refractivity contribution in [3.8, 4) is 0 Å². The third-order valence-corrected chi connectivity index (χ3v) is 7.26. The number of rotatable bonds is 4. The lowest BCUT2D eigenvalue weighted by atomic mass is 9.70. The van der Waals surface area contributed by atoms with Crippen molar-refractivity contribution in [2.45, 2.75) is 150 Å². The SMILES string of the molecule is CC(C)(C)c1cc(CCCc2ccc(C(C)(C)C)c(C(C)(C)C)c2)c(C(C)(C)C)c(C(C)(C)C)c1. The van der Waals surface area contributed by atoms with Crippen LogP contribution in [0.1, 0.15) is 149 Å². The summed E-state index contributed by atoms with van der Waals surface area (Å²) >= 11 is 0. The molecule has 0 amide bonds. The van der Waals surface area contributed by atoms with Crippen molar-refractivity contribution in [1.29, 1.82) is 0 Å². The van der Waals surface area contributed by atoms with E-state index in [0.717, 1.165) is 12.8 Å². The maximum Gasteiger partial charge on any atom is -0.0126 e. The summed E-state index contributed by atoms with van der Waals surface area (Å²) in [6.45, 7) is 35.4. The highest BCUT2D eigenvalue weighted by molar-refractivity contribution is 5.48. The summed E-state index contributed by atoms with van der Waals surface area (Å²) in [5.74, 6) is 0. The molecular formula is C35H56. The standard InChI is InChI=1S/C35H56/c1-31(2,3)26-22-25(30(35(13,14)15)29(23-26)34(10,11)12)18-16-17-24-19-20-27(32(4,5)6)28(21-24)33(7,8)9/h19-23H,16-18H2,1-15H3. The van der Waals surface area contributed by atoms with Crippen molar-refractivity contribution < 1.29 is 0 Å². The molecule has 196 valence electrons. The van der Waals surface area contributed by atoms with Gasteiger partial charge in [-0.25, -0.2) is 0 Å². The smallest absolute Gasteiger partial charge is 0.0126 e. The second kappa shape index (κ2) is 9.72. The van der Waals surface area contributed by atoms with Crippen LogP contribution in [0.4, 0.5) is 0 Å². The summed E-state index contributed by atoms with van der Waals surface area (Å²) in [6, 6.07) is 12.3. The Kier molecular flexibility index (Phi) is 8.24. The first-order valence-corrected chi connectivity index (χ1v) is 13.8. The third-order valence-electron chi connectivity index (χ3n) is 7.26. The lowest BCUT2D eigenvalue weighted by Gasteiger charge is -2.35. The molecule has 0 aliphatic carbocycles. The summed E-state index contributed by atoms with van der Waals surface area (Å²) in [4.78, 5) is 0. The molecule has 0 saturated carbocycles. The summed E-state index contributed by atoms with van der Waals surface area (Å²) in [7, 11) is 0. The zero-order valence-corrected chi connectivity index (χ0v) is 26.0. The molecule has 0 saturated heterocycles. The number of benzene rings is 2. The van der Waals surface area contributed by atoms with Gasteiger partial charge in [-0.05, 0) is 85.3 Å². The Morgan fingerprint density at radius 1 is 0.457 bits per heavy atom. The Hall–Kier alpha value is -1.56. The van der Waals surface area contributed by atoms with Gasteiger partial charge in [0, 0.05) is 0 Å². The fourth-order valence-electron chi connectivity index (χ4n) is 5.31. The molecule has 0 radical (unpaired) electrons. The largest absolute Gasteiger partial charge is 0.0587 e. The zero-order chi connectivity index (χ0) is 27.2. The zero-order valence-electron chi connectivity index (χ0n) is 26.0. The Labute approximate surface area is 219 Å². The van der Waals surface area contributed by atoms with Crippen molar-refractivity contribution >= 4 is 0 Å². The van der Waals surface area contributed by atoms with Gasteiger partial charge in [0.05, 0.1) is 0 Å². The van der Waals surface area contributed by atoms with Gasteiger partial charge in [0.25, 0.3) is 0 Å². The van der Waals surface area contributed by atoms with Crippen LogP contribution in [0.25, 0.3) is 0 Å². The molecular weight excluding hydrogens is 420 g/mol. The predicted octanol–water partition coefficient (Wildman–Crippen LogP) is 10.3. The molecule has 2 rings (SSSR count). The van der Waals surface area contributed by atoms with Crippen molar-refractivity contribution in [1.82, 2.24) is 0 Å². The molecule has 0 nitrogen and oxygen atoms in total. The Morgan fingerprint density at radius 3 is 1.40 bits per heavy atom. The molecule has 0 aliphatic rings. The van der Waals surface area contributed by atoms with Gasteiger partial charge in [-0.2, -0.15) is 0 Å². The van der Waals surface area contributed by atoms with Gasteiger partial charge >= 0.3 is 0 Å². The Morgan fingerprint density at radius 2 is 0.971 bits per heavy atom. The van der Waals surface area contributed by atoms with E-state index in [-0.39, 0.29) is 27.1 Å². The molecule has 0 unspecified atom stereocenters. The average Bonchev–Trinajstić information content (AvgIpc) is 2.63. The molecule has 0 bridgehead atoms. The Bertz CT molecular complexity index is 1010. The van der Waals surface area contributed by atoms with Crippen LogP contribution < -0.4 is 0 Å². The van der Waals surface area contributed by atoms with E-state index >= 15 is 0 Å². The highest BCUT2D eigenvalue weighted by Crippen LogP contribution is 2.40. The molecule has 0 aliphatic heterocycles. The normalized spacial score (nSPS) is 13.9. The minimum absolute atomic E-state index is 0.127. The van der Waals surface area contributed by atoms with Crippen LogP contribution in [0.5, 0.6) is 0 Å². The summed E-state index contributed by atoms with van der Waals surface area (Å²) in [5.41, 5.74) is 11.3. The van der Waals surface area contributed by atoms with Gasteiger partial charge in [0.15, 0.2) is 0 Å². The first-order valence-electron chi connectivity index (χ1n) is 13.8. The monoisotopic (exact) mass is 476 g/mol. The van der Waals surface area contributed by atoms with Gasteiger partial charge in [-0.15, -0.1) is 0 Å². The van der Waals surface area contributed by atoms with E-state index in [2.05, 4.69) is 134 Å². The highest BCUT2D eigenvalue weighted by atomic mass is 14.3. The van der Waals surface area contributed by atoms with Crippen molar-refractivity contribution in [3.63, 3.8) is 0 Å². The van der Waals surface area contributed by atoms with Crippen LogP contribution >= 0.6 is 0 Å². The summed E-state index contributed by atoms with van der Waals surface area (Å²) < 4.78 is 0. The lowest BCUT2D eigenvalue weighted by molar-refractivity contribution is 0.516. The predicted molar refractivity (Wildman–Crippen MR) is 158 cm³/mol. The van der Waals surface area contributed by atoms with Crippen molar-refractivity contribution in [2.24, 2.45) is 0 Å². The van der Waals surface area contributed by atoms with Gasteiger partial charge in [-0.1, -0.05) is 134 Å². The summed E-state index contributed by atoms with van der Waals surface area (Å²) in [5, 5.41) is 0. The molecule has 2 aromatic rings. The van der Waals surface area contributed by atoms with Crippen LogP contribution in [-0.4, -0.2) is 0 Å². The van der Waals surface area contributed by atoms with E-state index in [0.29, 0.717) is 0 Å². The van der Waals surface area contributed by atoms with E-state index < -0.39 is 0 Å². The maximum absolute atomic E-state index is 2.53. The van der Waals surface area contributed by atoms with Gasteiger partial charge < -0.3 is 0 Å².